The van der Waals surface area contributed by atoms with Gasteiger partial charge in [0, 0.05) is 17.9 Å². The van der Waals surface area contributed by atoms with Gasteiger partial charge < -0.3 is 9.80 Å². The van der Waals surface area contributed by atoms with E-state index in [4.69, 9.17) is 0 Å². The summed E-state index contributed by atoms with van der Waals surface area (Å²) in [6.45, 7) is 4.84. The Morgan fingerprint density at radius 2 is 1.75 bits per heavy atom. The normalized spacial score (nSPS) is 16.8. The summed E-state index contributed by atoms with van der Waals surface area (Å²) in [5.74, 6) is -0.263. The molecular formula is C19H23FN3O4S+. The maximum Gasteiger partial charge on any atom is 0.293 e. The second-order valence-corrected chi connectivity index (χ2v) is 9.11. The third kappa shape index (κ3) is 4.31. The molecule has 0 amide bonds. The number of hydrogen-bond acceptors (Lipinski definition) is 5. The summed E-state index contributed by atoms with van der Waals surface area (Å²) in [7, 11) is -3.51. The number of hydrogen-bond donors (Lipinski definition) is 1. The molecule has 2 aromatic rings. The van der Waals surface area contributed by atoms with Gasteiger partial charge in [-0.25, -0.2) is 12.8 Å². The van der Waals surface area contributed by atoms with Gasteiger partial charge in [-0.2, -0.15) is 0 Å². The van der Waals surface area contributed by atoms with Crippen LogP contribution in [0.2, 0.25) is 0 Å². The Hall–Kier alpha value is -2.52. The first-order valence-corrected chi connectivity index (χ1v) is 10.9. The molecule has 1 fully saturated rings. The Morgan fingerprint density at radius 1 is 1.14 bits per heavy atom. The maximum absolute atomic E-state index is 13.1. The van der Waals surface area contributed by atoms with Crippen molar-refractivity contribution < 1.29 is 22.6 Å². The van der Waals surface area contributed by atoms with Crippen LogP contribution in [0.1, 0.15) is 18.5 Å². The molecular weight excluding hydrogens is 385 g/mol. The van der Waals surface area contributed by atoms with Crippen LogP contribution in [-0.4, -0.2) is 45.8 Å². The molecule has 9 heteroatoms. The van der Waals surface area contributed by atoms with Gasteiger partial charge in [-0.1, -0.05) is 12.1 Å². The fraction of sp³-hybridized carbons (Fsp3) is 0.368. The number of nitro benzene ring substituents is 1. The lowest BCUT2D eigenvalue weighted by atomic mass is 10.1. The summed E-state index contributed by atoms with van der Waals surface area (Å²) >= 11 is 0. The molecule has 0 radical (unpaired) electrons. The molecule has 1 atom stereocenters. The number of nitro groups is 1. The summed E-state index contributed by atoms with van der Waals surface area (Å²) in [6, 6.07) is 10.7. The van der Waals surface area contributed by atoms with Crippen molar-refractivity contribution in [1.82, 2.24) is 0 Å². The van der Waals surface area contributed by atoms with E-state index in [2.05, 4.69) is 6.92 Å². The molecule has 0 spiro atoms. The predicted molar refractivity (Wildman–Crippen MR) is 104 cm³/mol. The van der Waals surface area contributed by atoms with Crippen molar-refractivity contribution in [3.63, 3.8) is 0 Å². The molecule has 7 nitrogen and oxygen atoms in total. The number of nitrogens with zero attached hydrogens (tertiary/aromatic N) is 2. The van der Waals surface area contributed by atoms with Gasteiger partial charge in [-0.05, 0) is 31.2 Å². The summed E-state index contributed by atoms with van der Waals surface area (Å²) in [5, 5.41) is 11.5. The largest absolute Gasteiger partial charge is 0.355 e. The van der Waals surface area contributed by atoms with E-state index in [1.807, 2.05) is 4.90 Å². The van der Waals surface area contributed by atoms with Crippen molar-refractivity contribution in [2.24, 2.45) is 0 Å². The maximum atomic E-state index is 13.1. The van der Waals surface area contributed by atoms with E-state index in [1.54, 1.807) is 12.1 Å². The average molecular weight is 408 g/mol. The zero-order valence-electron chi connectivity index (χ0n) is 15.8. The highest BCUT2D eigenvalue weighted by Crippen LogP contribution is 2.31. The Labute approximate surface area is 163 Å². The van der Waals surface area contributed by atoms with Gasteiger partial charge in [-0.15, -0.1) is 0 Å². The van der Waals surface area contributed by atoms with E-state index >= 15 is 0 Å². The number of sulfone groups is 1. The molecule has 1 heterocycles. The number of anilines is 1. The van der Waals surface area contributed by atoms with E-state index in [9.17, 15) is 22.9 Å². The zero-order valence-corrected chi connectivity index (χ0v) is 16.6. The number of rotatable bonds is 5. The molecule has 2 aromatic carbocycles. The molecule has 1 aliphatic heterocycles. The minimum absolute atomic E-state index is 0.0582. The van der Waals surface area contributed by atoms with Crippen LogP contribution in [-0.2, 0) is 9.84 Å². The smallest absolute Gasteiger partial charge is 0.293 e. The SMILES string of the molecule is C[C@H](c1ccc(F)cc1)[NH+]1CCN(c2ccc(S(C)(=O)=O)cc2[N+](=O)[O-])CC1. The molecule has 0 saturated carbocycles. The molecule has 28 heavy (non-hydrogen) atoms. The van der Waals surface area contributed by atoms with Crippen LogP contribution in [0.15, 0.2) is 47.4 Å². The highest BCUT2D eigenvalue weighted by atomic mass is 32.2. The van der Waals surface area contributed by atoms with Crippen LogP contribution in [0.3, 0.4) is 0 Å². The van der Waals surface area contributed by atoms with Gasteiger partial charge in [0.2, 0.25) is 0 Å². The van der Waals surface area contributed by atoms with Crippen molar-refractivity contribution in [1.29, 1.82) is 0 Å². The van der Waals surface area contributed by atoms with E-state index in [0.717, 1.165) is 31.0 Å². The highest BCUT2D eigenvalue weighted by Gasteiger charge is 2.29. The minimum atomic E-state index is -3.51. The molecule has 0 bridgehead atoms. The van der Waals surface area contributed by atoms with Gasteiger partial charge >= 0.3 is 0 Å². The minimum Gasteiger partial charge on any atom is -0.355 e. The van der Waals surface area contributed by atoms with Crippen LogP contribution < -0.4 is 9.80 Å². The molecule has 1 aliphatic rings. The van der Waals surface area contributed by atoms with Gasteiger partial charge in [0.25, 0.3) is 5.69 Å². The standard InChI is InChI=1S/C19H22FN3O4S/c1-14(15-3-5-16(20)6-4-15)21-9-11-22(12-10-21)18-8-7-17(28(2,26)27)13-19(18)23(24)25/h3-8,13-14H,9-12H2,1-2H3/p+1/t14-/m1/s1. The second kappa shape index (κ2) is 7.84. The number of piperazine rings is 1. The van der Waals surface area contributed by atoms with Crippen LogP contribution in [0.4, 0.5) is 15.8 Å². The van der Waals surface area contributed by atoms with E-state index in [-0.39, 0.29) is 22.4 Å². The number of halogens is 1. The quantitative estimate of drug-likeness (QED) is 0.600. The van der Waals surface area contributed by atoms with Crippen molar-refractivity contribution >= 4 is 21.2 Å². The lowest BCUT2D eigenvalue weighted by molar-refractivity contribution is -0.930. The van der Waals surface area contributed by atoms with Gasteiger partial charge in [0.05, 0.1) is 36.0 Å². The zero-order chi connectivity index (χ0) is 20.5. The molecule has 1 saturated heterocycles. The van der Waals surface area contributed by atoms with Crippen molar-refractivity contribution in [3.05, 3.63) is 64.0 Å². The van der Waals surface area contributed by atoms with E-state index in [1.165, 1.54) is 29.2 Å². The number of nitrogens with one attached hydrogen (secondary N) is 1. The first-order valence-electron chi connectivity index (χ1n) is 9.00. The number of benzene rings is 2. The topological polar surface area (TPSA) is 85.0 Å². The first-order chi connectivity index (χ1) is 13.2. The lowest BCUT2D eigenvalue weighted by Crippen LogP contribution is -3.14. The second-order valence-electron chi connectivity index (χ2n) is 7.10. The Balaban J connectivity index is 1.76. The molecule has 0 unspecified atom stereocenters. The van der Waals surface area contributed by atoms with Crippen LogP contribution in [0.25, 0.3) is 0 Å². The van der Waals surface area contributed by atoms with Crippen LogP contribution >= 0.6 is 0 Å². The Morgan fingerprint density at radius 3 is 2.29 bits per heavy atom. The van der Waals surface area contributed by atoms with Crippen molar-refractivity contribution in [2.45, 2.75) is 17.9 Å². The van der Waals surface area contributed by atoms with Crippen LogP contribution in [0, 0.1) is 15.9 Å². The van der Waals surface area contributed by atoms with Gasteiger partial charge in [0.1, 0.15) is 17.5 Å². The third-order valence-electron chi connectivity index (χ3n) is 5.30. The molecule has 0 aliphatic carbocycles. The molecule has 0 aromatic heterocycles. The van der Waals surface area contributed by atoms with E-state index in [0.29, 0.717) is 18.8 Å². The molecule has 1 N–H and O–H groups in total. The van der Waals surface area contributed by atoms with Crippen LogP contribution in [0.5, 0.6) is 0 Å². The highest BCUT2D eigenvalue weighted by molar-refractivity contribution is 7.90. The number of quaternary nitrogens is 1. The summed E-state index contributed by atoms with van der Waals surface area (Å²) < 4.78 is 36.5. The lowest BCUT2D eigenvalue weighted by Gasteiger charge is -2.36. The first kappa shape index (κ1) is 20.2. The van der Waals surface area contributed by atoms with Crippen molar-refractivity contribution in [2.75, 3.05) is 37.3 Å². The molecule has 3 rings (SSSR count). The average Bonchev–Trinajstić information content (AvgIpc) is 2.67. The summed E-state index contributed by atoms with van der Waals surface area (Å²) in [6.07, 6.45) is 1.03. The Kier molecular flexibility index (Phi) is 5.66. The summed E-state index contributed by atoms with van der Waals surface area (Å²) in [5.41, 5.74) is 1.29. The Bertz CT molecular complexity index is 971. The van der Waals surface area contributed by atoms with E-state index < -0.39 is 14.8 Å². The summed E-state index contributed by atoms with van der Waals surface area (Å²) in [4.78, 5) is 14.1. The fourth-order valence-electron chi connectivity index (χ4n) is 3.60. The van der Waals surface area contributed by atoms with Gasteiger partial charge in [-0.3, -0.25) is 10.1 Å². The van der Waals surface area contributed by atoms with Crippen molar-refractivity contribution in [3.8, 4) is 0 Å². The monoisotopic (exact) mass is 408 g/mol. The fourth-order valence-corrected chi connectivity index (χ4v) is 4.24. The van der Waals surface area contributed by atoms with Gasteiger partial charge in [0.15, 0.2) is 9.84 Å². The molecule has 150 valence electrons. The third-order valence-corrected chi connectivity index (χ3v) is 6.41. The predicted octanol–water partition coefficient (Wildman–Crippen LogP) is 1.60.